The minimum atomic E-state index is -0.601. The third-order valence-electron chi connectivity index (χ3n) is 3.30. The third kappa shape index (κ3) is 3.21. The van der Waals surface area contributed by atoms with Crippen LogP contribution in [0.3, 0.4) is 0 Å². The molecule has 1 aromatic rings. The minimum absolute atomic E-state index is 0.00243. The number of hydrogen-bond donors (Lipinski definition) is 2. The van der Waals surface area contributed by atoms with E-state index in [4.69, 9.17) is 17.3 Å². The van der Waals surface area contributed by atoms with Gasteiger partial charge in [0, 0.05) is 12.1 Å². The number of carbonyl (C=O) groups excluding carboxylic acids is 1. The quantitative estimate of drug-likeness (QED) is 0.866. The number of halogens is 2. The van der Waals surface area contributed by atoms with Crippen molar-refractivity contribution >= 4 is 17.5 Å². The van der Waals surface area contributed by atoms with Gasteiger partial charge in [-0.2, -0.15) is 0 Å². The molecule has 1 aromatic carbocycles. The molecule has 1 amide bonds. The summed E-state index contributed by atoms with van der Waals surface area (Å²) in [7, 11) is 0. The van der Waals surface area contributed by atoms with Crippen molar-refractivity contribution in [3.8, 4) is 0 Å². The number of carbonyl (C=O) groups is 1. The maximum absolute atomic E-state index is 13.3. The molecule has 0 spiro atoms. The van der Waals surface area contributed by atoms with Gasteiger partial charge in [0.15, 0.2) is 0 Å². The molecule has 0 bridgehead atoms. The van der Waals surface area contributed by atoms with E-state index in [1.807, 2.05) is 13.8 Å². The van der Waals surface area contributed by atoms with Crippen LogP contribution in [0, 0.1) is 5.82 Å². The minimum Gasteiger partial charge on any atom is -0.345 e. The maximum Gasteiger partial charge on any atom is 0.251 e. The van der Waals surface area contributed by atoms with Gasteiger partial charge in [-0.25, -0.2) is 4.39 Å². The Morgan fingerprint density at radius 1 is 1.44 bits per heavy atom. The van der Waals surface area contributed by atoms with Crippen LogP contribution in [0.4, 0.5) is 4.39 Å². The highest BCUT2D eigenvalue weighted by Crippen LogP contribution is 2.18. The average molecular weight is 273 g/mol. The molecule has 3 nitrogen and oxygen atoms in total. The first-order chi connectivity index (χ1) is 8.48. The standard InChI is InChI=1S/C13H18ClFN2O/c1-3-13(4-2,8-16)17-12(18)9-5-6-10(14)11(15)7-9/h5-7H,3-4,8,16H2,1-2H3,(H,17,18). The Morgan fingerprint density at radius 3 is 2.50 bits per heavy atom. The van der Waals surface area contributed by atoms with Crippen LogP contribution in [0.5, 0.6) is 0 Å². The number of rotatable bonds is 5. The SMILES string of the molecule is CCC(CC)(CN)NC(=O)c1ccc(Cl)c(F)c1. The lowest BCUT2D eigenvalue weighted by molar-refractivity contribution is 0.0895. The molecule has 0 atom stereocenters. The van der Waals surface area contributed by atoms with Crippen LogP contribution in [-0.2, 0) is 0 Å². The van der Waals surface area contributed by atoms with E-state index in [9.17, 15) is 9.18 Å². The van der Waals surface area contributed by atoms with Crippen molar-refractivity contribution in [2.45, 2.75) is 32.2 Å². The van der Waals surface area contributed by atoms with Crippen molar-refractivity contribution in [2.24, 2.45) is 5.73 Å². The van der Waals surface area contributed by atoms with Gasteiger partial charge in [0.2, 0.25) is 0 Å². The normalized spacial score (nSPS) is 11.4. The van der Waals surface area contributed by atoms with E-state index in [0.717, 1.165) is 18.9 Å². The van der Waals surface area contributed by atoms with E-state index >= 15 is 0 Å². The maximum atomic E-state index is 13.3. The summed E-state index contributed by atoms with van der Waals surface area (Å²) in [5, 5.41) is 2.87. The Kier molecular flexibility index (Phi) is 5.11. The van der Waals surface area contributed by atoms with Gasteiger partial charge in [-0.05, 0) is 31.0 Å². The molecule has 0 radical (unpaired) electrons. The molecule has 0 aliphatic rings. The van der Waals surface area contributed by atoms with Gasteiger partial charge in [-0.3, -0.25) is 4.79 Å². The van der Waals surface area contributed by atoms with E-state index in [1.54, 1.807) is 0 Å². The second-order valence-electron chi connectivity index (χ2n) is 4.27. The Bertz CT molecular complexity index is 425. The molecular formula is C13H18ClFN2O. The molecule has 18 heavy (non-hydrogen) atoms. The Morgan fingerprint density at radius 2 is 2.06 bits per heavy atom. The van der Waals surface area contributed by atoms with Crippen LogP contribution in [-0.4, -0.2) is 18.0 Å². The molecule has 100 valence electrons. The van der Waals surface area contributed by atoms with E-state index < -0.39 is 11.4 Å². The van der Waals surface area contributed by atoms with Crippen LogP contribution < -0.4 is 11.1 Å². The van der Waals surface area contributed by atoms with E-state index in [0.29, 0.717) is 6.54 Å². The first kappa shape index (κ1) is 14.9. The predicted molar refractivity (Wildman–Crippen MR) is 71.2 cm³/mol. The molecule has 0 fully saturated rings. The summed E-state index contributed by atoms with van der Waals surface area (Å²) in [5.41, 5.74) is 5.51. The number of hydrogen-bond acceptors (Lipinski definition) is 2. The highest BCUT2D eigenvalue weighted by molar-refractivity contribution is 6.30. The molecule has 0 saturated heterocycles. The molecule has 0 aromatic heterocycles. The van der Waals surface area contributed by atoms with E-state index in [-0.39, 0.29) is 16.5 Å². The molecule has 0 aliphatic carbocycles. The topological polar surface area (TPSA) is 55.1 Å². The second kappa shape index (κ2) is 6.16. The fraction of sp³-hybridized carbons (Fsp3) is 0.462. The van der Waals surface area contributed by atoms with Gasteiger partial charge in [0.05, 0.1) is 10.6 Å². The van der Waals surface area contributed by atoms with Crippen molar-refractivity contribution in [1.29, 1.82) is 0 Å². The van der Waals surface area contributed by atoms with Crippen molar-refractivity contribution in [2.75, 3.05) is 6.54 Å². The van der Waals surface area contributed by atoms with Crippen LogP contribution in [0.15, 0.2) is 18.2 Å². The fourth-order valence-electron chi connectivity index (χ4n) is 1.72. The molecule has 1 rings (SSSR count). The molecule has 0 heterocycles. The van der Waals surface area contributed by atoms with Gasteiger partial charge in [-0.1, -0.05) is 25.4 Å². The Hall–Kier alpha value is -1.13. The summed E-state index contributed by atoms with van der Waals surface area (Å²) in [6, 6.07) is 3.99. The lowest BCUT2D eigenvalue weighted by Crippen LogP contribution is -2.52. The monoisotopic (exact) mass is 272 g/mol. The summed E-state index contributed by atoms with van der Waals surface area (Å²) in [6.45, 7) is 4.26. The number of amides is 1. The van der Waals surface area contributed by atoms with Crippen molar-refractivity contribution in [3.63, 3.8) is 0 Å². The summed E-state index contributed by atoms with van der Waals surface area (Å²) >= 11 is 5.57. The smallest absolute Gasteiger partial charge is 0.251 e. The predicted octanol–water partition coefficient (Wildman–Crippen LogP) is 2.73. The second-order valence-corrected chi connectivity index (χ2v) is 4.68. The zero-order valence-electron chi connectivity index (χ0n) is 10.6. The Labute approximate surface area is 112 Å². The van der Waals surface area contributed by atoms with Crippen LogP contribution >= 0.6 is 11.6 Å². The van der Waals surface area contributed by atoms with Crippen molar-refractivity contribution in [3.05, 3.63) is 34.6 Å². The summed E-state index contributed by atoms with van der Waals surface area (Å²) in [5.74, 6) is -0.935. The zero-order valence-corrected chi connectivity index (χ0v) is 11.4. The lowest BCUT2D eigenvalue weighted by atomic mass is 9.92. The molecule has 3 N–H and O–H groups in total. The summed E-state index contributed by atoms with van der Waals surface area (Å²) < 4.78 is 13.3. The largest absolute Gasteiger partial charge is 0.345 e. The summed E-state index contributed by atoms with van der Waals surface area (Å²) in [6.07, 6.45) is 1.45. The molecule has 5 heteroatoms. The van der Waals surface area contributed by atoms with E-state index in [1.165, 1.54) is 12.1 Å². The highest BCUT2D eigenvalue weighted by atomic mass is 35.5. The van der Waals surface area contributed by atoms with Crippen LogP contribution in [0.1, 0.15) is 37.0 Å². The van der Waals surface area contributed by atoms with Gasteiger partial charge < -0.3 is 11.1 Å². The number of benzene rings is 1. The van der Waals surface area contributed by atoms with Gasteiger partial charge in [0.1, 0.15) is 5.82 Å². The first-order valence-corrected chi connectivity index (χ1v) is 6.33. The highest BCUT2D eigenvalue weighted by Gasteiger charge is 2.26. The van der Waals surface area contributed by atoms with Gasteiger partial charge in [0.25, 0.3) is 5.91 Å². The molecule has 0 saturated carbocycles. The molecule has 0 aliphatic heterocycles. The lowest BCUT2D eigenvalue weighted by Gasteiger charge is -2.31. The first-order valence-electron chi connectivity index (χ1n) is 5.95. The fourth-order valence-corrected chi connectivity index (χ4v) is 1.83. The van der Waals surface area contributed by atoms with Crippen LogP contribution in [0.25, 0.3) is 0 Å². The van der Waals surface area contributed by atoms with Gasteiger partial charge >= 0.3 is 0 Å². The average Bonchev–Trinajstić information content (AvgIpc) is 2.39. The molecule has 0 unspecified atom stereocenters. The van der Waals surface area contributed by atoms with Crippen molar-refractivity contribution < 1.29 is 9.18 Å². The molecular weight excluding hydrogens is 255 g/mol. The zero-order chi connectivity index (χ0) is 13.8. The Balaban J connectivity index is 2.90. The number of nitrogens with two attached hydrogens (primary N) is 1. The number of nitrogens with one attached hydrogen (secondary N) is 1. The third-order valence-corrected chi connectivity index (χ3v) is 3.61. The van der Waals surface area contributed by atoms with E-state index in [2.05, 4.69) is 5.32 Å². The van der Waals surface area contributed by atoms with Crippen LogP contribution in [0.2, 0.25) is 5.02 Å². The van der Waals surface area contributed by atoms with Gasteiger partial charge in [-0.15, -0.1) is 0 Å². The summed E-state index contributed by atoms with van der Waals surface area (Å²) in [4.78, 5) is 12.0. The van der Waals surface area contributed by atoms with Crippen molar-refractivity contribution in [1.82, 2.24) is 5.32 Å².